The van der Waals surface area contributed by atoms with E-state index in [2.05, 4.69) is 53.0 Å². The van der Waals surface area contributed by atoms with Crippen LogP contribution in [0.25, 0.3) is 10.6 Å². The minimum atomic E-state index is -5.08. The molecule has 1 atom stereocenters. The number of anilines is 1. The van der Waals surface area contributed by atoms with Crippen molar-refractivity contribution in [3.8, 4) is 10.6 Å². The fourth-order valence-corrected chi connectivity index (χ4v) is 4.87. The first kappa shape index (κ1) is 27.5. The third-order valence-electron chi connectivity index (χ3n) is 5.38. The average Bonchev–Trinajstić information content (AvgIpc) is 3.26. The third kappa shape index (κ3) is 7.08. The first-order valence-corrected chi connectivity index (χ1v) is 13.1. The van der Waals surface area contributed by atoms with Crippen LogP contribution in [0.1, 0.15) is 41.9 Å². The number of aryl methyl sites for hydroxylation is 1. The second-order valence-corrected chi connectivity index (χ2v) is 9.99. The number of thiophene rings is 1. The summed E-state index contributed by atoms with van der Waals surface area (Å²) in [5.41, 5.74) is 3.65. The molecule has 5 rings (SSSR count). The Balaban J connectivity index is 0.000000426. The molecule has 4 heterocycles. The lowest BCUT2D eigenvalue weighted by Crippen LogP contribution is -2.21. The van der Waals surface area contributed by atoms with Crippen molar-refractivity contribution in [3.63, 3.8) is 0 Å². The van der Waals surface area contributed by atoms with Gasteiger partial charge in [0, 0.05) is 30.0 Å². The van der Waals surface area contributed by atoms with Crippen molar-refractivity contribution in [2.24, 2.45) is 5.92 Å². The molecule has 4 aromatic rings. The molecule has 0 amide bonds. The lowest BCUT2D eigenvalue weighted by Gasteiger charge is -2.19. The van der Waals surface area contributed by atoms with E-state index in [1.807, 2.05) is 11.6 Å². The van der Waals surface area contributed by atoms with E-state index < -0.39 is 12.1 Å². The highest BCUT2D eigenvalue weighted by molar-refractivity contribution is 7.14. The van der Waals surface area contributed by atoms with Gasteiger partial charge in [-0.3, -0.25) is 0 Å². The van der Waals surface area contributed by atoms with Crippen molar-refractivity contribution in [2.45, 2.75) is 45.1 Å². The highest BCUT2D eigenvalue weighted by Crippen LogP contribution is 2.34. The number of hydrogen-bond acceptors (Lipinski definition) is 11. The standard InChI is InChI=1S/C20H22N8OS2.C2HF3O2/c1-12-15(7-21-17(22-12)9-29-2)23-18(19-25-26-27-28(19)8-13-3-4-13)16-11-31-20(24-16)14-5-6-30-10-14;3-2(4,5)1(6)7/h5-7,10-11,13,18,23H,3-4,8-9H2,1-2H3;(H,6,7). The second-order valence-electron chi connectivity index (χ2n) is 8.35. The summed E-state index contributed by atoms with van der Waals surface area (Å²) in [6.07, 6.45) is -0.848. The summed E-state index contributed by atoms with van der Waals surface area (Å²) in [5.74, 6) is -0.714. The largest absolute Gasteiger partial charge is 0.490 e. The van der Waals surface area contributed by atoms with Gasteiger partial charge < -0.3 is 15.2 Å². The first-order valence-electron chi connectivity index (χ1n) is 11.3. The Morgan fingerprint density at radius 2 is 2.08 bits per heavy atom. The number of halogens is 3. The van der Waals surface area contributed by atoms with Gasteiger partial charge in [0.15, 0.2) is 11.6 Å². The summed E-state index contributed by atoms with van der Waals surface area (Å²) in [6, 6.07) is 1.77. The van der Waals surface area contributed by atoms with E-state index in [1.54, 1.807) is 36.0 Å². The number of hydrogen-bond donors (Lipinski definition) is 2. The maximum atomic E-state index is 10.6. The van der Waals surface area contributed by atoms with Gasteiger partial charge in [0.05, 0.1) is 23.3 Å². The Hall–Kier alpha value is -3.50. The Morgan fingerprint density at radius 1 is 1.32 bits per heavy atom. The van der Waals surface area contributed by atoms with Crippen LogP contribution in [0.4, 0.5) is 18.9 Å². The zero-order chi connectivity index (χ0) is 27.3. The van der Waals surface area contributed by atoms with E-state index >= 15 is 0 Å². The zero-order valence-electron chi connectivity index (χ0n) is 20.2. The van der Waals surface area contributed by atoms with E-state index in [9.17, 15) is 13.2 Å². The summed E-state index contributed by atoms with van der Waals surface area (Å²) in [6.45, 7) is 3.15. The van der Waals surface area contributed by atoms with Gasteiger partial charge in [0.1, 0.15) is 17.7 Å². The average molecular weight is 569 g/mol. The number of alkyl halides is 3. The minimum Gasteiger partial charge on any atom is -0.475 e. The number of nitrogens with one attached hydrogen (secondary N) is 1. The number of thiazole rings is 1. The maximum Gasteiger partial charge on any atom is 0.490 e. The highest BCUT2D eigenvalue weighted by atomic mass is 32.1. The van der Waals surface area contributed by atoms with Gasteiger partial charge in [0.2, 0.25) is 0 Å². The summed E-state index contributed by atoms with van der Waals surface area (Å²) in [5, 5.41) is 30.5. The molecule has 38 heavy (non-hydrogen) atoms. The Kier molecular flexibility index (Phi) is 8.63. The van der Waals surface area contributed by atoms with Crippen LogP contribution in [0.15, 0.2) is 28.4 Å². The van der Waals surface area contributed by atoms with Crippen LogP contribution in [0, 0.1) is 12.8 Å². The molecule has 4 aromatic heterocycles. The molecule has 0 saturated heterocycles. The molecule has 0 spiro atoms. The predicted molar refractivity (Wildman–Crippen MR) is 133 cm³/mol. The molecule has 11 nitrogen and oxygen atoms in total. The molecule has 1 unspecified atom stereocenters. The molecule has 0 radical (unpaired) electrons. The molecule has 1 fully saturated rings. The molecular formula is C22H23F3N8O3S2. The van der Waals surface area contributed by atoms with Crippen LogP contribution < -0.4 is 5.32 Å². The molecule has 16 heteroatoms. The van der Waals surface area contributed by atoms with E-state index in [0.29, 0.717) is 18.3 Å². The smallest absolute Gasteiger partial charge is 0.475 e. The Bertz CT molecular complexity index is 1360. The van der Waals surface area contributed by atoms with Gasteiger partial charge in [-0.25, -0.2) is 24.4 Å². The number of aliphatic carboxylic acids is 1. The van der Waals surface area contributed by atoms with E-state index in [-0.39, 0.29) is 6.04 Å². The number of carboxylic acid groups (broad SMARTS) is 1. The Labute approximate surface area is 222 Å². The number of methoxy groups -OCH3 is 1. The summed E-state index contributed by atoms with van der Waals surface area (Å²) in [7, 11) is 1.63. The first-order chi connectivity index (χ1) is 18.2. The molecule has 2 N–H and O–H groups in total. The van der Waals surface area contributed by atoms with Crippen LogP contribution in [-0.4, -0.2) is 59.5 Å². The van der Waals surface area contributed by atoms with Crippen molar-refractivity contribution in [1.29, 1.82) is 0 Å². The van der Waals surface area contributed by atoms with Crippen LogP contribution >= 0.6 is 22.7 Å². The van der Waals surface area contributed by atoms with E-state index in [4.69, 9.17) is 19.6 Å². The highest BCUT2D eigenvalue weighted by Gasteiger charge is 2.38. The van der Waals surface area contributed by atoms with Gasteiger partial charge >= 0.3 is 12.1 Å². The van der Waals surface area contributed by atoms with Gasteiger partial charge in [-0.1, -0.05) is 0 Å². The number of carboxylic acids is 1. The summed E-state index contributed by atoms with van der Waals surface area (Å²) >= 11 is 3.28. The van der Waals surface area contributed by atoms with Crippen molar-refractivity contribution >= 4 is 34.3 Å². The normalized spacial score (nSPS) is 14.0. The number of rotatable bonds is 9. The third-order valence-corrected chi connectivity index (χ3v) is 6.97. The molecule has 0 bridgehead atoms. The topological polar surface area (TPSA) is 141 Å². The molecule has 1 aliphatic rings. The molecule has 0 aromatic carbocycles. The number of carbonyl (C=O) groups is 1. The number of aromatic nitrogens is 7. The van der Waals surface area contributed by atoms with Gasteiger partial charge in [-0.2, -0.15) is 24.5 Å². The van der Waals surface area contributed by atoms with Crippen LogP contribution in [-0.2, 0) is 22.7 Å². The second kappa shape index (κ2) is 11.9. The monoisotopic (exact) mass is 568 g/mol. The number of ether oxygens (including phenoxy) is 1. The minimum absolute atomic E-state index is 0.312. The number of tetrazole rings is 1. The van der Waals surface area contributed by atoms with E-state index in [0.717, 1.165) is 40.0 Å². The summed E-state index contributed by atoms with van der Waals surface area (Å²) in [4.78, 5) is 22.8. The number of nitrogens with zero attached hydrogens (tertiary/aromatic N) is 7. The maximum absolute atomic E-state index is 10.6. The SMILES string of the molecule is COCc1ncc(NC(c2csc(-c3ccsc3)n2)c2nnnn2CC2CC2)c(C)n1.O=C(O)C(F)(F)F. The van der Waals surface area contributed by atoms with Gasteiger partial charge in [-0.15, -0.1) is 16.4 Å². The molecule has 1 saturated carbocycles. The zero-order valence-corrected chi connectivity index (χ0v) is 21.8. The van der Waals surface area contributed by atoms with Crippen molar-refractivity contribution in [1.82, 2.24) is 35.2 Å². The fraction of sp³-hybridized carbons (Fsp3) is 0.409. The van der Waals surface area contributed by atoms with Crippen molar-refractivity contribution in [3.05, 3.63) is 51.4 Å². The van der Waals surface area contributed by atoms with Crippen LogP contribution in [0.3, 0.4) is 0 Å². The van der Waals surface area contributed by atoms with Crippen LogP contribution in [0.5, 0.6) is 0 Å². The fourth-order valence-electron chi connectivity index (χ4n) is 3.31. The Morgan fingerprint density at radius 3 is 2.68 bits per heavy atom. The van der Waals surface area contributed by atoms with Gasteiger partial charge in [0.25, 0.3) is 0 Å². The molecule has 202 valence electrons. The lowest BCUT2D eigenvalue weighted by atomic mass is 10.2. The van der Waals surface area contributed by atoms with Gasteiger partial charge in [-0.05, 0) is 47.6 Å². The van der Waals surface area contributed by atoms with Crippen LogP contribution in [0.2, 0.25) is 0 Å². The predicted octanol–water partition coefficient (Wildman–Crippen LogP) is 4.35. The lowest BCUT2D eigenvalue weighted by molar-refractivity contribution is -0.192. The molecule has 0 aliphatic heterocycles. The quantitative estimate of drug-likeness (QED) is 0.299. The summed E-state index contributed by atoms with van der Waals surface area (Å²) < 4.78 is 38.8. The van der Waals surface area contributed by atoms with Crippen molar-refractivity contribution < 1.29 is 27.8 Å². The molecular weight excluding hydrogens is 545 g/mol. The van der Waals surface area contributed by atoms with E-state index in [1.165, 1.54) is 12.8 Å². The molecule has 1 aliphatic carbocycles. The van der Waals surface area contributed by atoms with Crippen molar-refractivity contribution in [2.75, 3.05) is 12.4 Å².